The molecule has 1 unspecified atom stereocenters. The molecule has 1 aliphatic heterocycles. The average molecular weight is 329 g/mol. The van der Waals surface area contributed by atoms with E-state index in [1.807, 2.05) is 0 Å². The second-order valence-electron chi connectivity index (χ2n) is 5.52. The highest BCUT2D eigenvalue weighted by atomic mass is 19.1. The molecule has 3 rings (SSSR count). The fourth-order valence-electron chi connectivity index (χ4n) is 2.73. The maximum absolute atomic E-state index is 13.9. The molecule has 1 heterocycles. The first kappa shape index (κ1) is 16.1. The minimum atomic E-state index is -1.09. The van der Waals surface area contributed by atoms with Gasteiger partial charge in [0.25, 0.3) is 5.91 Å². The number of morpholine rings is 1. The Labute approximate surface area is 138 Å². The summed E-state index contributed by atoms with van der Waals surface area (Å²) in [5.74, 6) is -1.75. The lowest BCUT2D eigenvalue weighted by Crippen LogP contribution is -2.42. The number of carboxylic acids is 1. The summed E-state index contributed by atoms with van der Waals surface area (Å²) in [4.78, 5) is 25.2. The van der Waals surface area contributed by atoms with Crippen LogP contribution in [0.2, 0.25) is 0 Å². The van der Waals surface area contributed by atoms with E-state index in [0.29, 0.717) is 24.3 Å². The van der Waals surface area contributed by atoms with Crippen LogP contribution in [0.5, 0.6) is 0 Å². The molecule has 124 valence electrons. The molecule has 24 heavy (non-hydrogen) atoms. The van der Waals surface area contributed by atoms with Gasteiger partial charge in [0.1, 0.15) is 11.9 Å². The van der Waals surface area contributed by atoms with Crippen LogP contribution in [-0.4, -0.2) is 41.6 Å². The quantitative estimate of drug-likeness (QED) is 0.940. The van der Waals surface area contributed by atoms with Crippen molar-refractivity contribution in [1.29, 1.82) is 0 Å². The number of rotatable bonds is 3. The topological polar surface area (TPSA) is 66.8 Å². The molecular formula is C18H16FNO4. The summed E-state index contributed by atoms with van der Waals surface area (Å²) >= 11 is 0. The molecule has 0 saturated carbocycles. The number of halogens is 1. The predicted octanol–water partition coefficient (Wildman–Crippen LogP) is 2.74. The normalized spacial score (nSPS) is 17.5. The molecule has 0 aromatic heterocycles. The first-order chi connectivity index (χ1) is 11.6. The molecule has 2 aromatic rings. The Balaban J connectivity index is 1.79. The summed E-state index contributed by atoms with van der Waals surface area (Å²) in [5, 5.41) is 9.04. The summed E-state index contributed by atoms with van der Waals surface area (Å²) in [6.45, 7) is 0.890. The number of hydrogen-bond acceptors (Lipinski definition) is 3. The van der Waals surface area contributed by atoms with Crippen LogP contribution in [0.1, 0.15) is 32.4 Å². The zero-order chi connectivity index (χ0) is 17.1. The highest BCUT2D eigenvalue weighted by Crippen LogP contribution is 2.25. The van der Waals surface area contributed by atoms with Crippen molar-refractivity contribution in [3.63, 3.8) is 0 Å². The van der Waals surface area contributed by atoms with Gasteiger partial charge in [-0.25, -0.2) is 9.18 Å². The van der Waals surface area contributed by atoms with Crippen molar-refractivity contribution in [2.45, 2.75) is 6.10 Å². The van der Waals surface area contributed by atoms with Gasteiger partial charge in [0.05, 0.1) is 18.7 Å². The van der Waals surface area contributed by atoms with E-state index in [-0.39, 0.29) is 23.8 Å². The molecule has 2 aromatic carbocycles. The first-order valence-corrected chi connectivity index (χ1v) is 7.55. The zero-order valence-electron chi connectivity index (χ0n) is 12.8. The van der Waals surface area contributed by atoms with Gasteiger partial charge in [-0.3, -0.25) is 4.79 Å². The van der Waals surface area contributed by atoms with E-state index < -0.39 is 12.1 Å². The van der Waals surface area contributed by atoms with Gasteiger partial charge in [-0.2, -0.15) is 0 Å². The van der Waals surface area contributed by atoms with Crippen LogP contribution in [0.25, 0.3) is 0 Å². The van der Waals surface area contributed by atoms with E-state index in [0.717, 1.165) is 0 Å². The number of amides is 1. The van der Waals surface area contributed by atoms with Crippen LogP contribution in [-0.2, 0) is 4.74 Å². The Hall–Kier alpha value is -2.73. The third kappa shape index (κ3) is 3.28. The third-order valence-corrected chi connectivity index (χ3v) is 3.96. The maximum Gasteiger partial charge on any atom is 0.335 e. The average Bonchev–Trinajstić information content (AvgIpc) is 2.61. The van der Waals surface area contributed by atoms with Crippen LogP contribution in [0.3, 0.4) is 0 Å². The largest absolute Gasteiger partial charge is 0.478 e. The lowest BCUT2D eigenvalue weighted by Gasteiger charge is -2.33. The maximum atomic E-state index is 13.9. The van der Waals surface area contributed by atoms with Crippen molar-refractivity contribution in [3.05, 3.63) is 71.0 Å². The number of carbonyl (C=O) groups excluding carboxylic acids is 1. The zero-order valence-corrected chi connectivity index (χ0v) is 12.8. The number of aromatic carboxylic acids is 1. The fraction of sp³-hybridized carbons (Fsp3) is 0.222. The smallest absolute Gasteiger partial charge is 0.335 e. The van der Waals surface area contributed by atoms with Gasteiger partial charge in [-0.05, 0) is 24.3 Å². The Kier molecular flexibility index (Phi) is 4.57. The minimum absolute atomic E-state index is 0.0553. The molecule has 1 amide bonds. The molecule has 1 N–H and O–H groups in total. The molecule has 0 bridgehead atoms. The summed E-state index contributed by atoms with van der Waals surface area (Å²) in [5.41, 5.74) is 0.762. The van der Waals surface area contributed by atoms with Crippen LogP contribution in [0.15, 0.2) is 48.5 Å². The molecule has 0 radical (unpaired) electrons. The van der Waals surface area contributed by atoms with Crippen LogP contribution < -0.4 is 0 Å². The van der Waals surface area contributed by atoms with Crippen molar-refractivity contribution < 1.29 is 23.8 Å². The number of ether oxygens (including phenoxy) is 1. The molecule has 0 spiro atoms. The Bertz CT molecular complexity index is 777. The second kappa shape index (κ2) is 6.80. The molecule has 6 heteroatoms. The second-order valence-corrected chi connectivity index (χ2v) is 5.52. The van der Waals surface area contributed by atoms with E-state index in [4.69, 9.17) is 9.84 Å². The Morgan fingerprint density at radius 2 is 1.88 bits per heavy atom. The molecule has 0 aliphatic carbocycles. The number of benzene rings is 2. The summed E-state index contributed by atoms with van der Waals surface area (Å²) in [6, 6.07) is 12.2. The number of hydrogen-bond donors (Lipinski definition) is 1. The summed E-state index contributed by atoms with van der Waals surface area (Å²) < 4.78 is 19.5. The van der Waals surface area contributed by atoms with Crippen molar-refractivity contribution in [2.75, 3.05) is 19.7 Å². The molecular weight excluding hydrogens is 313 g/mol. The predicted molar refractivity (Wildman–Crippen MR) is 84.4 cm³/mol. The van der Waals surface area contributed by atoms with Crippen molar-refractivity contribution in [3.8, 4) is 0 Å². The highest BCUT2D eigenvalue weighted by molar-refractivity contribution is 5.97. The van der Waals surface area contributed by atoms with E-state index >= 15 is 0 Å². The highest BCUT2D eigenvalue weighted by Gasteiger charge is 2.27. The van der Waals surface area contributed by atoms with Gasteiger partial charge in [0.2, 0.25) is 0 Å². The third-order valence-electron chi connectivity index (χ3n) is 3.96. The van der Waals surface area contributed by atoms with Gasteiger partial charge >= 0.3 is 5.97 Å². The lowest BCUT2D eigenvalue weighted by atomic mass is 10.1. The molecule has 1 atom stereocenters. The van der Waals surface area contributed by atoms with Gasteiger partial charge in [0, 0.05) is 17.7 Å². The fourth-order valence-corrected chi connectivity index (χ4v) is 2.73. The summed E-state index contributed by atoms with van der Waals surface area (Å²) in [7, 11) is 0. The lowest BCUT2D eigenvalue weighted by molar-refractivity contribution is -0.0243. The summed E-state index contributed by atoms with van der Waals surface area (Å²) in [6.07, 6.45) is -0.536. The van der Waals surface area contributed by atoms with E-state index in [1.54, 1.807) is 29.2 Å². The van der Waals surface area contributed by atoms with Crippen molar-refractivity contribution in [1.82, 2.24) is 4.90 Å². The van der Waals surface area contributed by atoms with Gasteiger partial charge in [-0.15, -0.1) is 0 Å². The Morgan fingerprint density at radius 1 is 1.12 bits per heavy atom. The van der Waals surface area contributed by atoms with Crippen molar-refractivity contribution in [2.24, 2.45) is 0 Å². The molecule has 1 fully saturated rings. The van der Waals surface area contributed by atoms with Crippen LogP contribution in [0, 0.1) is 5.82 Å². The van der Waals surface area contributed by atoms with Crippen molar-refractivity contribution >= 4 is 11.9 Å². The molecule has 1 saturated heterocycles. The number of carbonyl (C=O) groups is 2. The standard InChI is InChI=1S/C18H16FNO4/c19-15-7-2-1-6-14(15)16-11-20(8-9-24-16)17(21)12-4-3-5-13(10-12)18(22)23/h1-7,10,16H,8-9,11H2,(H,22,23). The van der Waals surface area contributed by atoms with Gasteiger partial charge in [-0.1, -0.05) is 24.3 Å². The Morgan fingerprint density at radius 3 is 2.62 bits per heavy atom. The van der Waals surface area contributed by atoms with Crippen LogP contribution in [0.4, 0.5) is 4.39 Å². The SMILES string of the molecule is O=C(O)c1cccc(C(=O)N2CCOC(c3ccccc3F)C2)c1. The number of nitrogens with zero attached hydrogens (tertiary/aromatic N) is 1. The first-order valence-electron chi connectivity index (χ1n) is 7.55. The molecule has 1 aliphatic rings. The molecule has 5 nitrogen and oxygen atoms in total. The van der Waals surface area contributed by atoms with Gasteiger partial charge in [0.15, 0.2) is 0 Å². The van der Waals surface area contributed by atoms with Crippen LogP contribution >= 0.6 is 0 Å². The van der Waals surface area contributed by atoms with E-state index in [9.17, 15) is 14.0 Å². The van der Waals surface area contributed by atoms with E-state index in [1.165, 1.54) is 24.3 Å². The number of carboxylic acid groups (broad SMARTS) is 1. The monoisotopic (exact) mass is 329 g/mol. The minimum Gasteiger partial charge on any atom is -0.478 e. The van der Waals surface area contributed by atoms with Gasteiger partial charge < -0.3 is 14.7 Å². The van der Waals surface area contributed by atoms with E-state index in [2.05, 4.69) is 0 Å².